The van der Waals surface area contributed by atoms with E-state index in [1.807, 2.05) is 54.8 Å². The number of pyridine rings is 1. The minimum atomic E-state index is -0.0795. The molecule has 0 saturated carbocycles. The van der Waals surface area contributed by atoms with Gasteiger partial charge in [0.1, 0.15) is 0 Å². The zero-order valence-electron chi connectivity index (χ0n) is 12.5. The van der Waals surface area contributed by atoms with Crippen LogP contribution in [-0.2, 0) is 4.74 Å². The maximum Gasteiger partial charge on any atom is 0.222 e. The molecule has 0 bridgehead atoms. The lowest BCUT2D eigenvalue weighted by Crippen LogP contribution is -2.14. The second-order valence-electron chi connectivity index (χ2n) is 5.01. The molecule has 2 heterocycles. The average molecular weight is 321 g/mol. The molecule has 2 N–H and O–H groups in total. The molecule has 0 unspecified atom stereocenters. The molecule has 0 aliphatic carbocycles. The van der Waals surface area contributed by atoms with Crippen LogP contribution in [-0.4, -0.2) is 16.8 Å². The fraction of sp³-hybridized carbons (Fsp3) is 0.0556. The third-order valence-corrected chi connectivity index (χ3v) is 4.32. The van der Waals surface area contributed by atoms with Crippen LogP contribution in [0.5, 0.6) is 0 Å². The van der Waals surface area contributed by atoms with Crippen molar-refractivity contribution >= 4 is 23.1 Å². The minimum absolute atomic E-state index is 0.0328. The Labute approximate surface area is 138 Å². The van der Waals surface area contributed by atoms with Gasteiger partial charge in [0.2, 0.25) is 11.8 Å². The van der Waals surface area contributed by atoms with E-state index in [1.54, 1.807) is 23.7 Å². The van der Waals surface area contributed by atoms with Gasteiger partial charge in [0.25, 0.3) is 0 Å². The average Bonchev–Trinajstić information content (AvgIpc) is 3.10. The number of nitrogens with one attached hydrogen (secondary N) is 2. The van der Waals surface area contributed by atoms with Crippen LogP contribution in [0.15, 0.2) is 60.2 Å². The summed E-state index contributed by atoms with van der Waals surface area (Å²) in [6, 6.07) is 13.3. The van der Waals surface area contributed by atoms with Gasteiger partial charge in [-0.15, -0.1) is 11.3 Å². The van der Waals surface area contributed by atoms with Crippen LogP contribution in [0.1, 0.15) is 16.7 Å². The molecule has 0 fully saturated rings. The quantitative estimate of drug-likeness (QED) is 0.551. The van der Waals surface area contributed by atoms with E-state index in [9.17, 15) is 0 Å². The summed E-state index contributed by atoms with van der Waals surface area (Å²) in [7, 11) is 0. The smallest absolute Gasteiger partial charge is 0.222 e. The van der Waals surface area contributed by atoms with Crippen molar-refractivity contribution in [3.05, 3.63) is 76.9 Å². The molecule has 3 rings (SSSR count). The topological polar surface area (TPSA) is 69.8 Å². The van der Waals surface area contributed by atoms with Crippen LogP contribution >= 0.6 is 11.3 Å². The van der Waals surface area contributed by atoms with E-state index in [2.05, 4.69) is 4.98 Å². The summed E-state index contributed by atoms with van der Waals surface area (Å²) >= 11 is 1.62. The monoisotopic (exact) mass is 321 g/mol. The molecule has 2 aromatic heterocycles. The lowest BCUT2D eigenvalue weighted by atomic mass is 10.1. The standard InChI is InChI=1S/C18H15N3OS/c1-12-5-2-3-6-15(12)18(20)22-17(19)14-9-13(10-21-11-14)16-7-4-8-23-16/h2-11,19-20H,1H3. The van der Waals surface area contributed by atoms with Crippen LogP contribution in [0.2, 0.25) is 0 Å². The lowest BCUT2D eigenvalue weighted by molar-refractivity contribution is 0.537. The van der Waals surface area contributed by atoms with Crippen molar-refractivity contribution in [1.82, 2.24) is 4.98 Å². The number of nitrogens with zero attached hydrogens (tertiary/aromatic N) is 1. The first-order valence-electron chi connectivity index (χ1n) is 7.05. The molecule has 0 saturated heterocycles. The van der Waals surface area contributed by atoms with Crippen LogP contribution in [0, 0.1) is 17.7 Å². The van der Waals surface area contributed by atoms with Crippen molar-refractivity contribution in [2.75, 3.05) is 0 Å². The summed E-state index contributed by atoms with van der Waals surface area (Å²) < 4.78 is 5.41. The van der Waals surface area contributed by atoms with Gasteiger partial charge in [-0.3, -0.25) is 15.8 Å². The Morgan fingerprint density at radius 3 is 2.61 bits per heavy atom. The maximum absolute atomic E-state index is 8.10. The van der Waals surface area contributed by atoms with Crippen molar-refractivity contribution in [3.8, 4) is 10.4 Å². The molecular weight excluding hydrogens is 306 g/mol. The molecule has 0 amide bonds. The predicted molar refractivity (Wildman–Crippen MR) is 93.5 cm³/mol. The first-order chi connectivity index (χ1) is 11.1. The highest BCUT2D eigenvalue weighted by Crippen LogP contribution is 2.24. The van der Waals surface area contributed by atoms with E-state index in [0.29, 0.717) is 11.1 Å². The van der Waals surface area contributed by atoms with Crippen LogP contribution < -0.4 is 0 Å². The van der Waals surface area contributed by atoms with Crippen molar-refractivity contribution in [2.45, 2.75) is 6.92 Å². The largest absolute Gasteiger partial charge is 0.421 e. The van der Waals surface area contributed by atoms with Crippen LogP contribution in [0.25, 0.3) is 10.4 Å². The summed E-state index contributed by atoms with van der Waals surface area (Å²) in [6.45, 7) is 1.91. The number of hydrogen-bond acceptors (Lipinski definition) is 5. The molecule has 0 aliphatic rings. The van der Waals surface area contributed by atoms with E-state index in [1.165, 1.54) is 0 Å². The first-order valence-corrected chi connectivity index (χ1v) is 7.93. The zero-order valence-corrected chi connectivity index (χ0v) is 13.4. The second kappa shape index (κ2) is 6.54. The molecule has 5 heteroatoms. The summed E-state index contributed by atoms with van der Waals surface area (Å²) in [5.74, 6) is -0.112. The van der Waals surface area contributed by atoms with Gasteiger partial charge in [0.05, 0.1) is 5.56 Å². The SMILES string of the molecule is Cc1ccccc1C(=N)OC(=N)c1cncc(-c2cccs2)c1. The summed E-state index contributed by atoms with van der Waals surface area (Å²) in [6.07, 6.45) is 3.33. The molecule has 0 atom stereocenters. The Bertz CT molecular complexity index is 856. The molecule has 4 nitrogen and oxygen atoms in total. The van der Waals surface area contributed by atoms with Crippen molar-refractivity contribution in [2.24, 2.45) is 0 Å². The van der Waals surface area contributed by atoms with Gasteiger partial charge in [-0.1, -0.05) is 24.3 Å². The van der Waals surface area contributed by atoms with Gasteiger partial charge in [-0.2, -0.15) is 0 Å². The fourth-order valence-corrected chi connectivity index (χ4v) is 2.89. The molecule has 0 aliphatic heterocycles. The maximum atomic E-state index is 8.10. The summed E-state index contributed by atoms with van der Waals surface area (Å²) in [4.78, 5) is 5.26. The Morgan fingerprint density at radius 2 is 1.87 bits per heavy atom. The van der Waals surface area contributed by atoms with Crippen LogP contribution in [0.3, 0.4) is 0 Å². The van der Waals surface area contributed by atoms with E-state index in [0.717, 1.165) is 16.0 Å². The van der Waals surface area contributed by atoms with E-state index in [-0.39, 0.29) is 11.8 Å². The number of hydrogen-bond donors (Lipinski definition) is 2. The van der Waals surface area contributed by atoms with Crippen LogP contribution in [0.4, 0.5) is 0 Å². The van der Waals surface area contributed by atoms with E-state index >= 15 is 0 Å². The number of thiophene rings is 1. The predicted octanol–water partition coefficient (Wildman–Crippen LogP) is 4.49. The Hall–Kier alpha value is -2.79. The van der Waals surface area contributed by atoms with Gasteiger partial charge in [0, 0.05) is 28.4 Å². The molecule has 3 aromatic rings. The summed E-state index contributed by atoms with van der Waals surface area (Å²) in [5, 5.41) is 18.2. The molecule has 0 radical (unpaired) electrons. The van der Waals surface area contributed by atoms with Gasteiger partial charge in [-0.25, -0.2) is 0 Å². The molecule has 0 spiro atoms. The van der Waals surface area contributed by atoms with Gasteiger partial charge >= 0.3 is 0 Å². The zero-order chi connectivity index (χ0) is 16.2. The van der Waals surface area contributed by atoms with Crippen molar-refractivity contribution in [3.63, 3.8) is 0 Å². The number of ether oxygens (including phenoxy) is 1. The molecule has 1 aromatic carbocycles. The van der Waals surface area contributed by atoms with Crippen molar-refractivity contribution in [1.29, 1.82) is 10.8 Å². The Kier molecular flexibility index (Phi) is 4.30. The molecular formula is C18H15N3OS. The van der Waals surface area contributed by atoms with Gasteiger partial charge < -0.3 is 4.74 Å². The third-order valence-electron chi connectivity index (χ3n) is 3.40. The molecule has 114 valence electrons. The number of aryl methyl sites for hydroxylation is 1. The fourth-order valence-electron chi connectivity index (χ4n) is 2.19. The normalized spacial score (nSPS) is 10.3. The van der Waals surface area contributed by atoms with Gasteiger partial charge in [0.15, 0.2) is 0 Å². The van der Waals surface area contributed by atoms with Crippen molar-refractivity contribution < 1.29 is 4.74 Å². The lowest BCUT2D eigenvalue weighted by Gasteiger charge is -2.10. The number of rotatable bonds is 3. The van der Waals surface area contributed by atoms with Gasteiger partial charge in [-0.05, 0) is 36.1 Å². The number of aromatic nitrogens is 1. The highest BCUT2D eigenvalue weighted by Gasteiger charge is 2.12. The Balaban J connectivity index is 1.80. The summed E-state index contributed by atoms with van der Waals surface area (Å²) in [5.41, 5.74) is 3.11. The number of benzene rings is 1. The minimum Gasteiger partial charge on any atom is -0.421 e. The van der Waals surface area contributed by atoms with E-state index in [4.69, 9.17) is 15.6 Å². The Morgan fingerprint density at radius 1 is 1.04 bits per heavy atom. The second-order valence-corrected chi connectivity index (χ2v) is 5.96. The first kappa shape index (κ1) is 15.1. The van der Waals surface area contributed by atoms with E-state index < -0.39 is 0 Å². The molecule has 23 heavy (non-hydrogen) atoms. The highest BCUT2D eigenvalue weighted by molar-refractivity contribution is 7.13. The highest BCUT2D eigenvalue weighted by atomic mass is 32.1. The third kappa shape index (κ3) is 3.35.